The summed E-state index contributed by atoms with van der Waals surface area (Å²) in [6.45, 7) is 1.92. The number of rotatable bonds is 5. The van der Waals surface area contributed by atoms with Gasteiger partial charge in [-0.2, -0.15) is 5.10 Å². The maximum atomic E-state index is 12.4. The Labute approximate surface area is 175 Å². The third kappa shape index (κ3) is 4.18. The minimum Gasteiger partial charge on any atom is -0.324 e. The molecule has 0 unspecified atom stereocenters. The van der Waals surface area contributed by atoms with Crippen LogP contribution in [0.15, 0.2) is 64.7 Å². The van der Waals surface area contributed by atoms with Crippen molar-refractivity contribution in [2.75, 3.05) is 11.1 Å². The second kappa shape index (κ2) is 8.10. The minimum absolute atomic E-state index is 0.0676. The fraction of sp³-hybridized carbons (Fsp3) is 0.100. The topological polar surface area (TPSA) is 92.7 Å². The molecule has 0 spiro atoms. The number of nitrogens with one attached hydrogen (secondary N) is 2. The summed E-state index contributed by atoms with van der Waals surface area (Å²) in [5.74, 6) is -0.182. The number of aromatic nitrogens is 4. The molecule has 7 nitrogen and oxygen atoms in total. The molecule has 0 aliphatic heterocycles. The predicted molar refractivity (Wildman–Crippen MR) is 115 cm³/mol. The van der Waals surface area contributed by atoms with Gasteiger partial charge in [-0.15, -0.1) is 0 Å². The van der Waals surface area contributed by atoms with Crippen molar-refractivity contribution in [2.24, 2.45) is 0 Å². The van der Waals surface area contributed by atoms with Crippen LogP contribution in [-0.4, -0.2) is 31.4 Å². The van der Waals surface area contributed by atoms with Gasteiger partial charge in [0.2, 0.25) is 5.91 Å². The number of fused-ring (bicyclic) bond motifs is 1. The number of para-hydroxylation sites is 1. The molecule has 0 atom stereocenters. The summed E-state index contributed by atoms with van der Waals surface area (Å²) < 4.78 is 1.60. The lowest BCUT2D eigenvalue weighted by Gasteiger charge is -2.08. The molecule has 146 valence electrons. The van der Waals surface area contributed by atoms with E-state index in [1.807, 2.05) is 43.3 Å². The van der Waals surface area contributed by atoms with Crippen LogP contribution < -0.4 is 10.9 Å². The Morgan fingerprint density at radius 2 is 2.03 bits per heavy atom. The van der Waals surface area contributed by atoms with Crippen molar-refractivity contribution in [2.45, 2.75) is 12.1 Å². The minimum atomic E-state index is -0.304. The van der Waals surface area contributed by atoms with Crippen molar-refractivity contribution in [3.05, 3.63) is 75.7 Å². The van der Waals surface area contributed by atoms with Gasteiger partial charge in [-0.3, -0.25) is 9.59 Å². The fourth-order valence-electron chi connectivity index (χ4n) is 2.77. The smallest absolute Gasteiger partial charge is 0.262 e. The van der Waals surface area contributed by atoms with Crippen LogP contribution >= 0.6 is 23.4 Å². The van der Waals surface area contributed by atoms with Crippen LogP contribution in [0.4, 0.5) is 5.69 Å². The Bertz CT molecular complexity index is 1250. The van der Waals surface area contributed by atoms with Crippen molar-refractivity contribution in [3.63, 3.8) is 0 Å². The number of aryl methyl sites for hydroxylation is 1. The number of hydrogen-bond donors (Lipinski definition) is 2. The molecule has 29 heavy (non-hydrogen) atoms. The van der Waals surface area contributed by atoms with Crippen molar-refractivity contribution < 1.29 is 4.79 Å². The quantitative estimate of drug-likeness (QED) is 0.374. The van der Waals surface area contributed by atoms with Gasteiger partial charge in [0.05, 0.1) is 28.3 Å². The van der Waals surface area contributed by atoms with E-state index in [0.29, 0.717) is 26.9 Å². The Kier molecular flexibility index (Phi) is 5.37. The predicted octanol–water partition coefficient (Wildman–Crippen LogP) is 3.80. The highest BCUT2D eigenvalue weighted by atomic mass is 35.5. The molecule has 2 N–H and O–H groups in total. The first-order valence-electron chi connectivity index (χ1n) is 8.73. The molecule has 0 fully saturated rings. The molecule has 9 heteroatoms. The lowest BCUT2D eigenvalue weighted by molar-refractivity contribution is -0.113. The van der Waals surface area contributed by atoms with Gasteiger partial charge in [0.25, 0.3) is 5.56 Å². The standard InChI is InChI=1S/C20H16ClN5O2S/c1-12-7-8-16(15(21)9-12)23-17(27)11-29-20-24-18-14(19(28)25-20)10-22-26(18)13-5-3-2-4-6-13/h2-10H,11H2,1H3,(H,23,27)(H,24,25,28). The van der Waals surface area contributed by atoms with E-state index in [0.717, 1.165) is 23.0 Å². The third-order valence-electron chi connectivity index (χ3n) is 4.16. The summed E-state index contributed by atoms with van der Waals surface area (Å²) in [6, 6.07) is 14.8. The van der Waals surface area contributed by atoms with E-state index in [9.17, 15) is 9.59 Å². The lowest BCUT2D eigenvalue weighted by Crippen LogP contribution is -2.16. The summed E-state index contributed by atoms with van der Waals surface area (Å²) in [5, 5.41) is 8.23. The molecule has 0 radical (unpaired) electrons. The fourth-order valence-corrected chi connectivity index (χ4v) is 3.70. The largest absolute Gasteiger partial charge is 0.324 e. The van der Waals surface area contributed by atoms with E-state index < -0.39 is 0 Å². The van der Waals surface area contributed by atoms with E-state index in [1.54, 1.807) is 16.8 Å². The number of aromatic amines is 1. The Morgan fingerprint density at radius 3 is 2.79 bits per heavy atom. The molecular formula is C20H16ClN5O2S. The molecule has 0 saturated carbocycles. The van der Waals surface area contributed by atoms with Crippen LogP contribution in [0.3, 0.4) is 0 Å². The van der Waals surface area contributed by atoms with Crippen molar-refractivity contribution in [3.8, 4) is 5.69 Å². The number of hydrogen-bond acceptors (Lipinski definition) is 5. The Morgan fingerprint density at radius 1 is 1.24 bits per heavy atom. The van der Waals surface area contributed by atoms with Gasteiger partial charge in [-0.05, 0) is 36.8 Å². The number of halogens is 1. The number of carbonyl (C=O) groups excluding carboxylic acids is 1. The zero-order chi connectivity index (χ0) is 20.4. The molecular weight excluding hydrogens is 410 g/mol. The number of benzene rings is 2. The second-order valence-electron chi connectivity index (χ2n) is 6.32. The molecule has 2 aromatic heterocycles. The monoisotopic (exact) mass is 425 g/mol. The molecule has 0 saturated heterocycles. The van der Waals surface area contributed by atoms with Crippen LogP contribution in [0.2, 0.25) is 5.02 Å². The molecule has 2 heterocycles. The first kappa shape index (κ1) is 19.2. The van der Waals surface area contributed by atoms with E-state index in [4.69, 9.17) is 11.6 Å². The highest BCUT2D eigenvalue weighted by Crippen LogP contribution is 2.23. The summed E-state index contributed by atoms with van der Waals surface area (Å²) in [6.07, 6.45) is 1.48. The zero-order valence-electron chi connectivity index (χ0n) is 15.3. The average molecular weight is 426 g/mol. The summed E-state index contributed by atoms with van der Waals surface area (Å²) >= 11 is 7.28. The molecule has 4 rings (SSSR count). The van der Waals surface area contributed by atoms with Gasteiger partial charge in [-0.25, -0.2) is 9.67 Å². The van der Waals surface area contributed by atoms with Crippen LogP contribution in [0, 0.1) is 6.92 Å². The van der Waals surface area contributed by atoms with Gasteiger partial charge in [0, 0.05) is 0 Å². The molecule has 0 bridgehead atoms. The molecule has 0 aliphatic rings. The summed E-state index contributed by atoms with van der Waals surface area (Å²) in [7, 11) is 0. The average Bonchev–Trinajstić information content (AvgIpc) is 3.14. The molecule has 2 aromatic carbocycles. The van der Waals surface area contributed by atoms with E-state index in [-0.39, 0.29) is 17.2 Å². The van der Waals surface area contributed by atoms with E-state index >= 15 is 0 Å². The molecule has 0 aliphatic carbocycles. The van der Waals surface area contributed by atoms with Gasteiger partial charge in [0.15, 0.2) is 10.8 Å². The summed E-state index contributed by atoms with van der Waals surface area (Å²) in [4.78, 5) is 31.8. The van der Waals surface area contributed by atoms with E-state index in [1.165, 1.54) is 6.20 Å². The number of amides is 1. The van der Waals surface area contributed by atoms with Crippen molar-refractivity contribution in [1.82, 2.24) is 19.7 Å². The highest BCUT2D eigenvalue weighted by molar-refractivity contribution is 7.99. The van der Waals surface area contributed by atoms with Gasteiger partial charge >= 0.3 is 0 Å². The Balaban J connectivity index is 1.54. The maximum Gasteiger partial charge on any atom is 0.262 e. The Hall–Kier alpha value is -3.10. The van der Waals surface area contributed by atoms with Gasteiger partial charge in [-0.1, -0.05) is 47.6 Å². The molecule has 1 amide bonds. The summed E-state index contributed by atoms with van der Waals surface area (Å²) in [5.41, 5.74) is 2.48. The molecule has 4 aromatic rings. The number of carbonyl (C=O) groups is 1. The number of H-pyrrole nitrogens is 1. The van der Waals surface area contributed by atoms with E-state index in [2.05, 4.69) is 20.4 Å². The SMILES string of the molecule is Cc1ccc(NC(=O)CSc2nc3c(cnn3-c3ccccc3)c(=O)[nH]2)c(Cl)c1. The van der Waals surface area contributed by atoms with Crippen molar-refractivity contribution in [1.29, 1.82) is 0 Å². The van der Waals surface area contributed by atoms with Crippen LogP contribution in [0.5, 0.6) is 0 Å². The number of anilines is 1. The van der Waals surface area contributed by atoms with Crippen LogP contribution in [0.25, 0.3) is 16.7 Å². The van der Waals surface area contributed by atoms with Crippen LogP contribution in [-0.2, 0) is 4.79 Å². The highest BCUT2D eigenvalue weighted by Gasteiger charge is 2.13. The lowest BCUT2D eigenvalue weighted by atomic mass is 10.2. The normalized spacial score (nSPS) is 11.0. The first-order chi connectivity index (χ1) is 14.0. The third-order valence-corrected chi connectivity index (χ3v) is 5.34. The van der Waals surface area contributed by atoms with Crippen LogP contribution in [0.1, 0.15) is 5.56 Å². The number of nitrogens with zero attached hydrogens (tertiary/aromatic N) is 3. The zero-order valence-corrected chi connectivity index (χ0v) is 16.9. The van der Waals surface area contributed by atoms with Gasteiger partial charge < -0.3 is 10.3 Å². The van der Waals surface area contributed by atoms with Gasteiger partial charge in [0.1, 0.15) is 5.39 Å². The van der Waals surface area contributed by atoms with Crippen molar-refractivity contribution >= 4 is 46.0 Å². The number of thioether (sulfide) groups is 1. The maximum absolute atomic E-state index is 12.4. The first-order valence-corrected chi connectivity index (χ1v) is 10.1. The second-order valence-corrected chi connectivity index (χ2v) is 7.69.